The number of rotatable bonds is 2. The van der Waals surface area contributed by atoms with Crippen molar-refractivity contribution < 1.29 is 22.7 Å². The monoisotopic (exact) mass is 275 g/mol. The Kier molecular flexibility index (Phi) is 4.44. The van der Waals surface area contributed by atoms with Gasteiger partial charge in [0.2, 0.25) is 0 Å². The highest BCUT2D eigenvalue weighted by molar-refractivity contribution is 5.68. The summed E-state index contributed by atoms with van der Waals surface area (Å²) in [5.74, 6) is 0. The largest absolute Gasteiger partial charge is 0.445 e. The maximum Gasteiger partial charge on any atom is 0.416 e. The van der Waals surface area contributed by atoms with E-state index >= 15 is 0 Å². The number of nitrogens with one attached hydrogen (secondary N) is 1. The molecule has 6 heteroatoms. The molecule has 0 atom stereocenters. The topological polar surface area (TPSA) is 38.3 Å². The number of benzene rings is 1. The number of halogens is 3. The molecule has 1 rings (SSSR count). The van der Waals surface area contributed by atoms with E-state index in [-0.39, 0.29) is 5.56 Å². The van der Waals surface area contributed by atoms with Gasteiger partial charge in [-0.3, -0.25) is 0 Å². The lowest BCUT2D eigenvalue weighted by Gasteiger charge is -2.20. The fourth-order valence-corrected chi connectivity index (χ4v) is 1.41. The van der Waals surface area contributed by atoms with Gasteiger partial charge in [-0.2, -0.15) is 13.2 Å². The van der Waals surface area contributed by atoms with E-state index < -0.39 is 30.0 Å². The Balaban J connectivity index is 2.71. The number of carbonyl (C=O) groups is 1. The van der Waals surface area contributed by atoms with Gasteiger partial charge < -0.3 is 10.1 Å². The number of hydrogen-bond donors (Lipinski definition) is 1. The SMILES string of the molecule is CC(C)(C)NC(=O)OCc1ccccc1C(F)(F)F. The second kappa shape index (κ2) is 5.50. The smallest absolute Gasteiger partial charge is 0.416 e. The summed E-state index contributed by atoms with van der Waals surface area (Å²) >= 11 is 0. The number of amides is 1. The highest BCUT2D eigenvalue weighted by atomic mass is 19.4. The first-order valence-corrected chi connectivity index (χ1v) is 5.69. The Bertz CT molecular complexity index is 450. The Morgan fingerprint density at radius 1 is 1.21 bits per heavy atom. The Labute approximate surface area is 109 Å². The zero-order valence-corrected chi connectivity index (χ0v) is 11.0. The van der Waals surface area contributed by atoms with Crippen molar-refractivity contribution in [3.05, 3.63) is 35.4 Å². The molecule has 0 radical (unpaired) electrons. The summed E-state index contributed by atoms with van der Waals surface area (Å²) in [6, 6.07) is 5.00. The Morgan fingerprint density at radius 2 is 1.79 bits per heavy atom. The quantitative estimate of drug-likeness (QED) is 0.893. The summed E-state index contributed by atoms with van der Waals surface area (Å²) in [6.07, 6.45) is -5.20. The molecule has 1 amide bonds. The molecule has 0 spiro atoms. The summed E-state index contributed by atoms with van der Waals surface area (Å²) in [5, 5.41) is 2.51. The van der Waals surface area contributed by atoms with E-state index in [1.807, 2.05) is 0 Å². The molecule has 0 heterocycles. The van der Waals surface area contributed by atoms with E-state index in [2.05, 4.69) is 5.32 Å². The van der Waals surface area contributed by atoms with Gasteiger partial charge in [-0.15, -0.1) is 0 Å². The molecule has 0 bridgehead atoms. The van der Waals surface area contributed by atoms with Crippen molar-refractivity contribution in [1.82, 2.24) is 5.32 Å². The van der Waals surface area contributed by atoms with E-state index in [0.717, 1.165) is 6.07 Å². The highest BCUT2D eigenvalue weighted by Gasteiger charge is 2.33. The molecule has 0 saturated heterocycles. The minimum atomic E-state index is -4.46. The second-order valence-electron chi connectivity index (χ2n) is 5.11. The van der Waals surface area contributed by atoms with E-state index in [4.69, 9.17) is 4.74 Å². The van der Waals surface area contributed by atoms with Crippen LogP contribution in [0.1, 0.15) is 31.9 Å². The predicted octanol–water partition coefficient (Wildman–Crippen LogP) is 3.73. The van der Waals surface area contributed by atoms with Crippen LogP contribution in [-0.2, 0) is 17.5 Å². The average Bonchev–Trinajstić information content (AvgIpc) is 2.23. The van der Waals surface area contributed by atoms with Gasteiger partial charge in [0.05, 0.1) is 5.56 Å². The first-order chi connectivity index (χ1) is 8.59. The summed E-state index contributed by atoms with van der Waals surface area (Å²) in [4.78, 5) is 11.4. The molecule has 1 aromatic carbocycles. The minimum absolute atomic E-state index is 0.0703. The Morgan fingerprint density at radius 3 is 2.32 bits per heavy atom. The van der Waals surface area contributed by atoms with Crippen LogP contribution in [-0.4, -0.2) is 11.6 Å². The number of ether oxygens (including phenoxy) is 1. The van der Waals surface area contributed by atoms with Gasteiger partial charge >= 0.3 is 12.3 Å². The summed E-state index contributed by atoms with van der Waals surface area (Å²) in [5.41, 5.74) is -1.36. The molecule has 0 aromatic heterocycles. The molecule has 106 valence electrons. The number of alkyl carbamates (subject to hydrolysis) is 1. The van der Waals surface area contributed by atoms with Crippen LogP contribution in [0.3, 0.4) is 0 Å². The summed E-state index contributed by atoms with van der Waals surface area (Å²) in [6.45, 7) is 4.82. The molecule has 3 nitrogen and oxygen atoms in total. The zero-order valence-electron chi connectivity index (χ0n) is 11.0. The van der Waals surface area contributed by atoms with E-state index in [0.29, 0.717) is 0 Å². The van der Waals surface area contributed by atoms with E-state index in [9.17, 15) is 18.0 Å². The second-order valence-corrected chi connectivity index (χ2v) is 5.11. The van der Waals surface area contributed by atoms with Crippen molar-refractivity contribution in [2.24, 2.45) is 0 Å². The van der Waals surface area contributed by atoms with Crippen LogP contribution < -0.4 is 5.32 Å². The molecule has 0 aliphatic heterocycles. The van der Waals surface area contributed by atoms with Crippen LogP contribution in [0.2, 0.25) is 0 Å². The molecule has 19 heavy (non-hydrogen) atoms. The standard InChI is InChI=1S/C13H16F3NO2/c1-12(2,3)17-11(18)19-8-9-6-4-5-7-10(9)13(14,15)16/h4-7H,8H2,1-3H3,(H,17,18). The fourth-order valence-electron chi connectivity index (χ4n) is 1.41. The Hall–Kier alpha value is -1.72. The fraction of sp³-hybridized carbons (Fsp3) is 0.462. The minimum Gasteiger partial charge on any atom is -0.445 e. The molecule has 0 aliphatic rings. The predicted molar refractivity (Wildman–Crippen MR) is 64.5 cm³/mol. The van der Waals surface area contributed by atoms with Gasteiger partial charge in [0.25, 0.3) is 0 Å². The van der Waals surface area contributed by atoms with Crippen LogP contribution in [0.25, 0.3) is 0 Å². The van der Waals surface area contributed by atoms with Gasteiger partial charge in [0.1, 0.15) is 6.61 Å². The van der Waals surface area contributed by atoms with Gasteiger partial charge in [0.15, 0.2) is 0 Å². The van der Waals surface area contributed by atoms with Gasteiger partial charge in [-0.1, -0.05) is 18.2 Å². The first-order valence-electron chi connectivity index (χ1n) is 5.69. The van der Waals surface area contributed by atoms with Crippen molar-refractivity contribution >= 4 is 6.09 Å². The molecule has 0 aliphatic carbocycles. The third-order valence-electron chi connectivity index (χ3n) is 2.16. The van der Waals surface area contributed by atoms with Gasteiger partial charge in [-0.05, 0) is 26.8 Å². The van der Waals surface area contributed by atoms with Crippen LogP contribution in [0.4, 0.5) is 18.0 Å². The third kappa shape index (κ3) is 5.19. The molecule has 0 fully saturated rings. The van der Waals surface area contributed by atoms with Crippen LogP contribution in [0, 0.1) is 0 Å². The molecule has 0 saturated carbocycles. The van der Waals surface area contributed by atoms with Crippen molar-refractivity contribution in [3.63, 3.8) is 0 Å². The normalized spacial score (nSPS) is 12.1. The van der Waals surface area contributed by atoms with E-state index in [1.165, 1.54) is 18.2 Å². The first kappa shape index (κ1) is 15.3. The molecular weight excluding hydrogens is 259 g/mol. The van der Waals surface area contributed by atoms with E-state index in [1.54, 1.807) is 20.8 Å². The summed E-state index contributed by atoms with van der Waals surface area (Å²) in [7, 11) is 0. The lowest BCUT2D eigenvalue weighted by molar-refractivity contribution is -0.138. The highest BCUT2D eigenvalue weighted by Crippen LogP contribution is 2.32. The number of carbonyl (C=O) groups excluding carboxylic acids is 1. The van der Waals surface area contributed by atoms with Crippen LogP contribution in [0.5, 0.6) is 0 Å². The zero-order chi connectivity index (χ0) is 14.7. The van der Waals surface area contributed by atoms with Gasteiger partial charge in [0, 0.05) is 11.1 Å². The maximum absolute atomic E-state index is 12.7. The molecule has 0 unspecified atom stereocenters. The van der Waals surface area contributed by atoms with Crippen molar-refractivity contribution in [2.75, 3.05) is 0 Å². The molecule has 1 aromatic rings. The van der Waals surface area contributed by atoms with Gasteiger partial charge in [-0.25, -0.2) is 4.79 Å². The lowest BCUT2D eigenvalue weighted by Crippen LogP contribution is -2.40. The van der Waals surface area contributed by atoms with Crippen molar-refractivity contribution in [1.29, 1.82) is 0 Å². The molecular formula is C13H16F3NO2. The van der Waals surface area contributed by atoms with Crippen molar-refractivity contribution in [2.45, 2.75) is 39.1 Å². The number of hydrogen-bond acceptors (Lipinski definition) is 2. The van der Waals surface area contributed by atoms with Crippen LogP contribution >= 0.6 is 0 Å². The van der Waals surface area contributed by atoms with Crippen LogP contribution in [0.15, 0.2) is 24.3 Å². The number of alkyl halides is 3. The average molecular weight is 275 g/mol. The lowest BCUT2D eigenvalue weighted by atomic mass is 10.1. The third-order valence-corrected chi connectivity index (χ3v) is 2.16. The molecule has 1 N–H and O–H groups in total. The maximum atomic E-state index is 12.7. The summed E-state index contributed by atoms with van der Waals surface area (Å²) < 4.78 is 42.9. The van der Waals surface area contributed by atoms with Crippen molar-refractivity contribution in [3.8, 4) is 0 Å².